The van der Waals surface area contributed by atoms with Crippen molar-refractivity contribution in [1.82, 2.24) is 0 Å². The van der Waals surface area contributed by atoms with E-state index in [4.69, 9.17) is 0 Å². The van der Waals surface area contributed by atoms with Crippen molar-refractivity contribution in [3.8, 4) is 0 Å². The number of hydrogen-bond donors (Lipinski definition) is 1. The number of para-hydroxylation sites is 1. The number of allylic oxidation sites excluding steroid dienone is 1. The summed E-state index contributed by atoms with van der Waals surface area (Å²) in [6.45, 7) is 1.52. The monoisotopic (exact) mass is 251 g/mol. The van der Waals surface area contributed by atoms with Gasteiger partial charge in [0.05, 0.1) is 0 Å². The maximum Gasteiger partial charge on any atom is 0.221 e. The van der Waals surface area contributed by atoms with E-state index >= 15 is 0 Å². The second-order valence-corrected chi connectivity index (χ2v) is 4.36. The molecule has 0 radical (unpaired) electrons. The highest BCUT2D eigenvalue weighted by molar-refractivity contribution is 5.89. The van der Waals surface area contributed by atoms with Gasteiger partial charge in [0.15, 0.2) is 0 Å². The van der Waals surface area contributed by atoms with Crippen LogP contribution in [0.4, 0.5) is 5.69 Å². The molecule has 0 aliphatic heterocycles. The summed E-state index contributed by atoms with van der Waals surface area (Å²) >= 11 is 0. The lowest BCUT2D eigenvalue weighted by Gasteiger charge is -2.07. The predicted molar refractivity (Wildman–Crippen MR) is 79.9 cm³/mol. The summed E-state index contributed by atoms with van der Waals surface area (Å²) in [6, 6.07) is 18.0. The van der Waals surface area contributed by atoms with Crippen molar-refractivity contribution in [2.24, 2.45) is 0 Å². The summed E-state index contributed by atoms with van der Waals surface area (Å²) in [5, 5.41) is 2.85. The van der Waals surface area contributed by atoms with Gasteiger partial charge in [-0.25, -0.2) is 0 Å². The van der Waals surface area contributed by atoms with Crippen molar-refractivity contribution < 1.29 is 4.79 Å². The van der Waals surface area contributed by atoms with E-state index in [9.17, 15) is 4.79 Å². The molecule has 0 fully saturated rings. The molecule has 2 aromatic carbocycles. The Balaban J connectivity index is 2.07. The Hall–Kier alpha value is -2.35. The van der Waals surface area contributed by atoms with Crippen LogP contribution in [0.15, 0.2) is 60.7 Å². The smallest absolute Gasteiger partial charge is 0.221 e. The van der Waals surface area contributed by atoms with E-state index in [1.807, 2.05) is 42.5 Å². The molecule has 0 bridgehead atoms. The molecule has 0 atom stereocenters. The number of carbonyl (C=O) groups excluding carboxylic acids is 1. The summed E-state index contributed by atoms with van der Waals surface area (Å²) in [7, 11) is 0. The van der Waals surface area contributed by atoms with E-state index in [1.54, 1.807) is 0 Å². The molecule has 1 N–H and O–H groups in total. The second-order valence-electron chi connectivity index (χ2n) is 4.36. The van der Waals surface area contributed by atoms with Crippen molar-refractivity contribution in [1.29, 1.82) is 0 Å². The van der Waals surface area contributed by atoms with Crippen LogP contribution in [-0.2, 0) is 11.2 Å². The molecule has 2 aromatic rings. The van der Waals surface area contributed by atoms with Crippen LogP contribution in [0.25, 0.3) is 6.08 Å². The Morgan fingerprint density at radius 2 is 1.74 bits per heavy atom. The molecule has 0 aromatic heterocycles. The maximum absolute atomic E-state index is 11.1. The molecular formula is C17H17NO. The van der Waals surface area contributed by atoms with Gasteiger partial charge in [-0.2, -0.15) is 0 Å². The highest BCUT2D eigenvalue weighted by atomic mass is 16.1. The molecule has 96 valence electrons. The number of rotatable bonds is 4. The molecule has 0 saturated carbocycles. The predicted octanol–water partition coefficient (Wildman–Crippen LogP) is 3.90. The van der Waals surface area contributed by atoms with E-state index in [1.165, 1.54) is 12.5 Å². The second kappa shape index (κ2) is 6.55. The summed E-state index contributed by atoms with van der Waals surface area (Å²) < 4.78 is 0. The van der Waals surface area contributed by atoms with Gasteiger partial charge in [0, 0.05) is 12.6 Å². The Morgan fingerprint density at radius 3 is 2.47 bits per heavy atom. The van der Waals surface area contributed by atoms with Crippen LogP contribution in [0, 0.1) is 0 Å². The molecule has 2 nitrogen and oxygen atoms in total. The zero-order valence-electron chi connectivity index (χ0n) is 11.0. The van der Waals surface area contributed by atoms with Crippen molar-refractivity contribution in [2.45, 2.75) is 13.3 Å². The maximum atomic E-state index is 11.1. The van der Waals surface area contributed by atoms with Crippen LogP contribution in [0.3, 0.4) is 0 Å². The van der Waals surface area contributed by atoms with E-state index in [0.29, 0.717) is 0 Å². The van der Waals surface area contributed by atoms with Crippen LogP contribution in [0.1, 0.15) is 18.1 Å². The third-order valence-corrected chi connectivity index (χ3v) is 2.78. The van der Waals surface area contributed by atoms with E-state index in [0.717, 1.165) is 17.7 Å². The minimum atomic E-state index is -0.0421. The molecule has 1 amide bonds. The first-order valence-corrected chi connectivity index (χ1v) is 6.33. The number of carbonyl (C=O) groups is 1. The van der Waals surface area contributed by atoms with Crippen molar-refractivity contribution in [3.63, 3.8) is 0 Å². The number of hydrogen-bond acceptors (Lipinski definition) is 1. The lowest BCUT2D eigenvalue weighted by atomic mass is 10.1. The summed E-state index contributed by atoms with van der Waals surface area (Å²) in [6.07, 6.45) is 4.99. The van der Waals surface area contributed by atoms with Crippen LogP contribution in [0.2, 0.25) is 0 Å². The zero-order valence-corrected chi connectivity index (χ0v) is 11.0. The zero-order chi connectivity index (χ0) is 13.5. The molecule has 0 unspecified atom stereocenters. The largest absolute Gasteiger partial charge is 0.326 e. The first-order valence-electron chi connectivity index (χ1n) is 6.33. The number of benzene rings is 2. The van der Waals surface area contributed by atoms with Gasteiger partial charge >= 0.3 is 0 Å². The lowest BCUT2D eigenvalue weighted by Crippen LogP contribution is -2.07. The van der Waals surface area contributed by atoms with Gasteiger partial charge in [-0.3, -0.25) is 4.79 Å². The number of nitrogens with one attached hydrogen (secondary N) is 1. The third-order valence-electron chi connectivity index (χ3n) is 2.78. The van der Waals surface area contributed by atoms with Gasteiger partial charge < -0.3 is 5.32 Å². The van der Waals surface area contributed by atoms with Gasteiger partial charge in [-0.1, -0.05) is 60.7 Å². The van der Waals surface area contributed by atoms with Gasteiger partial charge in [0.25, 0.3) is 0 Å². The number of anilines is 1. The summed E-state index contributed by atoms with van der Waals surface area (Å²) in [5.74, 6) is -0.0421. The van der Waals surface area contributed by atoms with E-state index < -0.39 is 0 Å². The molecule has 2 rings (SSSR count). The molecule has 2 heteroatoms. The third kappa shape index (κ3) is 4.11. The molecule has 0 spiro atoms. The van der Waals surface area contributed by atoms with Gasteiger partial charge in [-0.15, -0.1) is 0 Å². The van der Waals surface area contributed by atoms with Gasteiger partial charge in [-0.05, 0) is 23.6 Å². The standard InChI is InChI=1S/C17H17NO/c1-14(19)18-17-13-6-5-11-16(17)12-7-10-15-8-3-2-4-9-15/h2-11,13H,12H2,1H3,(H,18,19)/b10-7-. The fourth-order valence-corrected chi connectivity index (χ4v) is 1.90. The molecule has 0 aliphatic rings. The molecule has 19 heavy (non-hydrogen) atoms. The van der Waals surface area contributed by atoms with Crippen LogP contribution >= 0.6 is 0 Å². The van der Waals surface area contributed by atoms with Crippen molar-refractivity contribution >= 4 is 17.7 Å². The lowest BCUT2D eigenvalue weighted by molar-refractivity contribution is -0.114. The fourth-order valence-electron chi connectivity index (χ4n) is 1.90. The SMILES string of the molecule is CC(=O)Nc1ccccc1C/C=C\c1ccccc1. The molecule has 0 saturated heterocycles. The minimum absolute atomic E-state index is 0.0421. The fraction of sp³-hybridized carbons (Fsp3) is 0.118. The van der Waals surface area contributed by atoms with Gasteiger partial charge in [0.2, 0.25) is 5.91 Å². The van der Waals surface area contributed by atoms with E-state index in [-0.39, 0.29) is 5.91 Å². The first kappa shape index (κ1) is 13.1. The molecular weight excluding hydrogens is 234 g/mol. The van der Waals surface area contributed by atoms with E-state index in [2.05, 4.69) is 29.6 Å². The topological polar surface area (TPSA) is 29.1 Å². The Bertz CT molecular complexity index is 573. The normalized spacial score (nSPS) is 10.6. The molecule has 0 heterocycles. The first-order chi connectivity index (χ1) is 9.25. The Kier molecular flexibility index (Phi) is 4.51. The Labute approximate surface area is 113 Å². The number of amides is 1. The Morgan fingerprint density at radius 1 is 1.05 bits per heavy atom. The highest BCUT2D eigenvalue weighted by Gasteiger charge is 2.00. The van der Waals surface area contributed by atoms with Gasteiger partial charge in [0.1, 0.15) is 0 Å². The average molecular weight is 251 g/mol. The van der Waals surface area contributed by atoms with Crippen LogP contribution < -0.4 is 5.32 Å². The minimum Gasteiger partial charge on any atom is -0.326 e. The molecule has 0 aliphatic carbocycles. The summed E-state index contributed by atoms with van der Waals surface area (Å²) in [5.41, 5.74) is 3.18. The highest BCUT2D eigenvalue weighted by Crippen LogP contribution is 2.16. The van der Waals surface area contributed by atoms with Crippen molar-refractivity contribution in [3.05, 3.63) is 71.8 Å². The van der Waals surface area contributed by atoms with Crippen LogP contribution in [0.5, 0.6) is 0 Å². The summed E-state index contributed by atoms with van der Waals surface area (Å²) in [4.78, 5) is 11.1. The quantitative estimate of drug-likeness (QED) is 0.877. The van der Waals surface area contributed by atoms with Crippen molar-refractivity contribution in [2.75, 3.05) is 5.32 Å². The average Bonchev–Trinajstić information content (AvgIpc) is 2.41. The van der Waals surface area contributed by atoms with Crippen LogP contribution in [-0.4, -0.2) is 5.91 Å².